The van der Waals surface area contributed by atoms with E-state index in [0.29, 0.717) is 5.95 Å². The molecule has 3 heterocycles. The molecule has 0 aromatic carbocycles. The van der Waals surface area contributed by atoms with Crippen molar-refractivity contribution in [3.8, 4) is 0 Å². The number of rotatable bonds is 4. The summed E-state index contributed by atoms with van der Waals surface area (Å²) in [5, 5.41) is 5.10. The largest absolute Gasteiger partial charge is 0.354 e. The lowest BCUT2D eigenvalue weighted by Gasteiger charge is -2.35. The summed E-state index contributed by atoms with van der Waals surface area (Å²) in [5.74, 6) is 1.73. The number of anilines is 2. The minimum absolute atomic E-state index is 0.131. The van der Waals surface area contributed by atoms with Crippen molar-refractivity contribution in [1.82, 2.24) is 14.9 Å². The van der Waals surface area contributed by atoms with Crippen LogP contribution >= 0.6 is 11.3 Å². The molecule has 23 heavy (non-hydrogen) atoms. The molecule has 1 aliphatic heterocycles. The van der Waals surface area contributed by atoms with Gasteiger partial charge in [-0.1, -0.05) is 6.07 Å². The van der Waals surface area contributed by atoms with Crippen molar-refractivity contribution in [2.24, 2.45) is 0 Å². The highest BCUT2D eigenvalue weighted by Gasteiger charge is 2.23. The van der Waals surface area contributed by atoms with Gasteiger partial charge in [-0.2, -0.15) is 4.98 Å². The first-order valence-electron chi connectivity index (χ1n) is 7.84. The average molecular weight is 331 g/mol. The van der Waals surface area contributed by atoms with Crippen LogP contribution in [0.25, 0.3) is 0 Å². The fraction of sp³-hybridized carbons (Fsp3) is 0.438. The van der Waals surface area contributed by atoms with Gasteiger partial charge in [-0.3, -0.25) is 4.79 Å². The van der Waals surface area contributed by atoms with Gasteiger partial charge in [0, 0.05) is 44.5 Å². The Kier molecular flexibility index (Phi) is 4.76. The predicted molar refractivity (Wildman–Crippen MR) is 93.4 cm³/mol. The first-order chi connectivity index (χ1) is 11.2. The van der Waals surface area contributed by atoms with Gasteiger partial charge in [0.25, 0.3) is 5.91 Å². The second-order valence-corrected chi connectivity index (χ2v) is 6.43. The first-order valence-corrected chi connectivity index (χ1v) is 8.72. The molecule has 1 fully saturated rings. The highest BCUT2D eigenvalue weighted by atomic mass is 32.1. The van der Waals surface area contributed by atoms with Crippen molar-refractivity contribution in [2.75, 3.05) is 42.9 Å². The van der Waals surface area contributed by atoms with Crippen LogP contribution in [0.3, 0.4) is 0 Å². The quantitative estimate of drug-likeness (QED) is 0.931. The summed E-state index contributed by atoms with van der Waals surface area (Å²) in [6.45, 7) is 7.82. The van der Waals surface area contributed by atoms with Crippen molar-refractivity contribution in [3.05, 3.63) is 34.2 Å². The lowest BCUT2D eigenvalue weighted by atomic mass is 10.2. The van der Waals surface area contributed by atoms with Crippen molar-refractivity contribution >= 4 is 29.0 Å². The van der Waals surface area contributed by atoms with Gasteiger partial charge in [0.1, 0.15) is 5.82 Å². The topological polar surface area (TPSA) is 61.4 Å². The van der Waals surface area contributed by atoms with Crippen LogP contribution in [0.15, 0.2) is 23.6 Å². The van der Waals surface area contributed by atoms with Gasteiger partial charge in [0.05, 0.1) is 4.88 Å². The summed E-state index contributed by atoms with van der Waals surface area (Å²) in [6.07, 6.45) is 0. The Bertz CT molecular complexity index is 665. The molecule has 0 spiro atoms. The van der Waals surface area contributed by atoms with Gasteiger partial charge in [-0.05, 0) is 25.3 Å². The molecule has 6 nitrogen and oxygen atoms in total. The molecule has 122 valence electrons. The number of nitrogens with zero attached hydrogens (tertiary/aromatic N) is 4. The highest BCUT2D eigenvalue weighted by Crippen LogP contribution is 2.19. The molecule has 0 aliphatic carbocycles. The third-order valence-electron chi connectivity index (χ3n) is 3.80. The molecule has 0 atom stereocenters. The SMILES string of the molecule is CCNc1nc(C)cc(N2CCN(C(=O)c3cccs3)CC2)n1. The maximum atomic E-state index is 12.4. The Hall–Kier alpha value is -2.15. The van der Waals surface area contributed by atoms with E-state index < -0.39 is 0 Å². The molecular weight excluding hydrogens is 310 g/mol. The van der Waals surface area contributed by atoms with E-state index in [1.807, 2.05) is 42.3 Å². The van der Waals surface area contributed by atoms with Gasteiger partial charge >= 0.3 is 0 Å². The van der Waals surface area contributed by atoms with E-state index in [2.05, 4.69) is 20.2 Å². The van der Waals surface area contributed by atoms with Crippen molar-refractivity contribution in [1.29, 1.82) is 0 Å². The fourth-order valence-electron chi connectivity index (χ4n) is 2.65. The van der Waals surface area contributed by atoms with Crippen LogP contribution in [0.1, 0.15) is 22.3 Å². The summed E-state index contributed by atoms with van der Waals surface area (Å²) >= 11 is 1.50. The maximum Gasteiger partial charge on any atom is 0.264 e. The minimum atomic E-state index is 0.131. The molecular formula is C16H21N5OS. The number of thiophene rings is 1. The van der Waals surface area contributed by atoms with Crippen LogP contribution in [-0.4, -0.2) is 53.5 Å². The summed E-state index contributed by atoms with van der Waals surface area (Å²) < 4.78 is 0. The number of aryl methyl sites for hydroxylation is 1. The second-order valence-electron chi connectivity index (χ2n) is 5.48. The maximum absolute atomic E-state index is 12.4. The molecule has 2 aromatic rings. The molecule has 0 radical (unpaired) electrons. The molecule has 3 rings (SSSR count). The van der Waals surface area contributed by atoms with E-state index in [-0.39, 0.29) is 5.91 Å². The van der Waals surface area contributed by atoms with E-state index in [4.69, 9.17) is 0 Å². The Labute approximate surface area is 140 Å². The van der Waals surface area contributed by atoms with E-state index in [1.165, 1.54) is 11.3 Å². The van der Waals surface area contributed by atoms with Crippen molar-refractivity contribution in [3.63, 3.8) is 0 Å². The Morgan fingerprint density at radius 3 is 2.74 bits per heavy atom. The molecule has 0 unspecified atom stereocenters. The van der Waals surface area contributed by atoms with Crippen molar-refractivity contribution < 1.29 is 4.79 Å². The number of nitrogens with one attached hydrogen (secondary N) is 1. The molecule has 1 amide bonds. The molecule has 2 aromatic heterocycles. The average Bonchev–Trinajstić information content (AvgIpc) is 3.08. The van der Waals surface area contributed by atoms with E-state index in [9.17, 15) is 4.79 Å². The molecule has 0 bridgehead atoms. The molecule has 0 saturated carbocycles. The number of aromatic nitrogens is 2. The van der Waals surface area contributed by atoms with Gasteiger partial charge in [0.15, 0.2) is 0 Å². The van der Waals surface area contributed by atoms with Crippen LogP contribution in [0.2, 0.25) is 0 Å². The summed E-state index contributed by atoms with van der Waals surface area (Å²) in [5.41, 5.74) is 0.947. The normalized spacial score (nSPS) is 14.9. The van der Waals surface area contributed by atoms with Crippen LogP contribution < -0.4 is 10.2 Å². The summed E-state index contributed by atoms with van der Waals surface area (Å²) in [7, 11) is 0. The zero-order chi connectivity index (χ0) is 16.2. The highest BCUT2D eigenvalue weighted by molar-refractivity contribution is 7.12. The Morgan fingerprint density at radius 1 is 1.30 bits per heavy atom. The lowest BCUT2D eigenvalue weighted by Crippen LogP contribution is -2.49. The van der Waals surface area contributed by atoms with Crippen LogP contribution in [0.5, 0.6) is 0 Å². The lowest BCUT2D eigenvalue weighted by molar-refractivity contribution is 0.0751. The van der Waals surface area contributed by atoms with Gasteiger partial charge in [-0.25, -0.2) is 4.98 Å². The van der Waals surface area contributed by atoms with Crippen molar-refractivity contribution in [2.45, 2.75) is 13.8 Å². The van der Waals surface area contributed by atoms with E-state index in [0.717, 1.165) is 49.1 Å². The number of carbonyl (C=O) groups is 1. The van der Waals surface area contributed by atoms with E-state index in [1.54, 1.807) is 0 Å². The Balaban J connectivity index is 1.66. The molecule has 1 saturated heterocycles. The minimum Gasteiger partial charge on any atom is -0.354 e. The predicted octanol–water partition coefficient (Wildman–Crippen LogP) is 2.24. The first kappa shape index (κ1) is 15.7. The van der Waals surface area contributed by atoms with Gasteiger partial charge in [0.2, 0.25) is 5.95 Å². The standard InChI is InChI=1S/C16H21N5OS/c1-3-17-16-18-12(2)11-14(19-16)20-6-8-21(9-7-20)15(22)13-5-4-10-23-13/h4-5,10-11H,3,6-9H2,1-2H3,(H,17,18,19). The third-order valence-corrected chi connectivity index (χ3v) is 4.66. The van der Waals surface area contributed by atoms with Crippen LogP contribution in [0.4, 0.5) is 11.8 Å². The molecule has 7 heteroatoms. The smallest absolute Gasteiger partial charge is 0.264 e. The summed E-state index contributed by atoms with van der Waals surface area (Å²) in [4.78, 5) is 26.3. The fourth-order valence-corrected chi connectivity index (χ4v) is 3.34. The molecule has 1 N–H and O–H groups in total. The van der Waals surface area contributed by atoms with Crippen LogP contribution in [0, 0.1) is 6.92 Å². The zero-order valence-corrected chi connectivity index (χ0v) is 14.3. The zero-order valence-electron chi connectivity index (χ0n) is 13.5. The van der Waals surface area contributed by atoms with Crippen LogP contribution in [-0.2, 0) is 0 Å². The number of piperazine rings is 1. The number of hydrogen-bond acceptors (Lipinski definition) is 6. The third kappa shape index (κ3) is 3.61. The summed E-state index contributed by atoms with van der Waals surface area (Å²) in [6, 6.07) is 5.80. The number of amides is 1. The number of hydrogen-bond donors (Lipinski definition) is 1. The van der Waals surface area contributed by atoms with E-state index >= 15 is 0 Å². The molecule has 1 aliphatic rings. The monoisotopic (exact) mass is 331 g/mol. The Morgan fingerprint density at radius 2 is 2.09 bits per heavy atom. The van der Waals surface area contributed by atoms with Gasteiger partial charge < -0.3 is 15.1 Å². The van der Waals surface area contributed by atoms with Gasteiger partial charge in [-0.15, -0.1) is 11.3 Å². The number of carbonyl (C=O) groups excluding carboxylic acids is 1. The second kappa shape index (κ2) is 6.95.